The summed E-state index contributed by atoms with van der Waals surface area (Å²) in [7, 11) is 0. The normalized spacial score (nSPS) is 13.9. The van der Waals surface area contributed by atoms with Crippen LogP contribution in [0.2, 0.25) is 10.0 Å². The molecule has 0 unspecified atom stereocenters. The quantitative estimate of drug-likeness (QED) is 0.584. The predicted molar refractivity (Wildman–Crippen MR) is 105 cm³/mol. The summed E-state index contributed by atoms with van der Waals surface area (Å²) >= 11 is 12.5. The number of hydrogen-bond acceptors (Lipinski definition) is 3. The lowest BCUT2D eigenvalue weighted by molar-refractivity contribution is 0.240. The average molecular weight is 407 g/mol. The number of halogens is 2. The summed E-state index contributed by atoms with van der Waals surface area (Å²) in [6, 6.07) is 3.82. The van der Waals surface area contributed by atoms with Gasteiger partial charge in [-0.3, -0.25) is 4.68 Å². The second-order valence-corrected chi connectivity index (χ2v) is 7.71. The van der Waals surface area contributed by atoms with Gasteiger partial charge in [0.1, 0.15) is 5.69 Å². The molecule has 2 amide bonds. The van der Waals surface area contributed by atoms with E-state index in [0.29, 0.717) is 29.2 Å². The molecule has 1 aliphatic carbocycles. The Hall–Kier alpha value is -2.25. The second-order valence-electron chi connectivity index (χ2n) is 6.86. The maximum absolute atomic E-state index is 11.7. The summed E-state index contributed by atoms with van der Waals surface area (Å²) < 4.78 is 1.78. The molecule has 0 spiro atoms. The van der Waals surface area contributed by atoms with Crippen molar-refractivity contribution in [2.45, 2.75) is 45.3 Å². The summed E-state index contributed by atoms with van der Waals surface area (Å²) in [5.74, 6) is 0. The van der Waals surface area contributed by atoms with E-state index in [4.69, 9.17) is 23.2 Å². The topological polar surface area (TPSA) is 87.6 Å². The zero-order valence-electron chi connectivity index (χ0n) is 14.9. The van der Waals surface area contributed by atoms with Gasteiger partial charge in [0, 0.05) is 34.2 Å². The van der Waals surface area contributed by atoms with Crippen molar-refractivity contribution in [3.05, 3.63) is 45.3 Å². The number of carbonyl (C=O) groups excluding carboxylic acids is 1. The highest BCUT2D eigenvalue weighted by Gasteiger charge is 2.23. The third-order valence-corrected chi connectivity index (χ3v) is 5.17. The Kier molecular flexibility index (Phi) is 4.97. The Bertz CT molecular complexity index is 991. The number of fused-ring (bicyclic) bond motifs is 1. The maximum atomic E-state index is 11.7. The molecule has 4 rings (SSSR count). The number of nitrogens with one attached hydrogen (secondary N) is 3. The first-order valence-electron chi connectivity index (χ1n) is 8.89. The zero-order chi connectivity index (χ0) is 19.0. The molecule has 0 radical (unpaired) electrons. The van der Waals surface area contributed by atoms with Gasteiger partial charge in [0.15, 0.2) is 0 Å². The molecule has 142 valence electrons. The first-order valence-corrected chi connectivity index (χ1v) is 9.65. The summed E-state index contributed by atoms with van der Waals surface area (Å²) in [6.45, 7) is 3.04. The monoisotopic (exact) mass is 406 g/mol. The fourth-order valence-electron chi connectivity index (χ4n) is 3.15. The van der Waals surface area contributed by atoms with Gasteiger partial charge in [-0.05, 0) is 43.9 Å². The Morgan fingerprint density at radius 3 is 2.96 bits per heavy atom. The standard InChI is InChI=1S/C18H20Cl2N6O/c1-10-14(17-15(20)6-11(19)7-16(17)22-10)4-5-26-9-13(24-25-26)8-21-18(27)23-12-2-3-12/h6-7,9,12,22H,2-5,8H2,1H3,(H2,21,23,27). The molecule has 0 saturated heterocycles. The molecule has 1 aromatic carbocycles. The van der Waals surface area contributed by atoms with Crippen LogP contribution in [-0.4, -0.2) is 32.1 Å². The Morgan fingerprint density at radius 2 is 2.19 bits per heavy atom. The van der Waals surface area contributed by atoms with Gasteiger partial charge in [0.05, 0.1) is 17.8 Å². The lowest BCUT2D eigenvalue weighted by Crippen LogP contribution is -2.36. The molecule has 3 aromatic rings. The van der Waals surface area contributed by atoms with Gasteiger partial charge in [0.2, 0.25) is 0 Å². The highest BCUT2D eigenvalue weighted by molar-refractivity contribution is 6.38. The van der Waals surface area contributed by atoms with E-state index in [0.717, 1.165) is 47.1 Å². The van der Waals surface area contributed by atoms with Gasteiger partial charge in [-0.2, -0.15) is 0 Å². The number of rotatable bonds is 6. The minimum Gasteiger partial charge on any atom is -0.358 e. The van der Waals surface area contributed by atoms with Crippen molar-refractivity contribution < 1.29 is 4.79 Å². The predicted octanol–water partition coefficient (Wildman–Crippen LogP) is 3.58. The molecule has 1 fully saturated rings. The highest BCUT2D eigenvalue weighted by Crippen LogP contribution is 2.32. The summed E-state index contributed by atoms with van der Waals surface area (Å²) in [5.41, 5.74) is 3.87. The average Bonchev–Trinajstić information content (AvgIpc) is 3.19. The van der Waals surface area contributed by atoms with Gasteiger partial charge in [-0.15, -0.1) is 5.10 Å². The summed E-state index contributed by atoms with van der Waals surface area (Å²) in [4.78, 5) is 15.0. The van der Waals surface area contributed by atoms with Crippen molar-refractivity contribution in [2.24, 2.45) is 0 Å². The molecule has 0 atom stereocenters. The second kappa shape index (κ2) is 7.40. The third-order valence-electron chi connectivity index (χ3n) is 4.65. The number of hydrogen-bond donors (Lipinski definition) is 3. The molecule has 27 heavy (non-hydrogen) atoms. The number of carbonyl (C=O) groups is 1. The van der Waals surface area contributed by atoms with E-state index in [-0.39, 0.29) is 6.03 Å². The van der Waals surface area contributed by atoms with Crippen molar-refractivity contribution in [3.8, 4) is 0 Å². The molecule has 2 heterocycles. The molecule has 7 nitrogen and oxygen atoms in total. The Morgan fingerprint density at radius 1 is 1.37 bits per heavy atom. The van der Waals surface area contributed by atoms with Gasteiger partial charge in [0.25, 0.3) is 0 Å². The van der Waals surface area contributed by atoms with E-state index in [9.17, 15) is 4.79 Å². The molecule has 1 saturated carbocycles. The smallest absolute Gasteiger partial charge is 0.315 e. The summed E-state index contributed by atoms with van der Waals surface area (Å²) in [5, 5.41) is 16.2. The van der Waals surface area contributed by atoms with Gasteiger partial charge >= 0.3 is 6.03 Å². The van der Waals surface area contributed by atoms with E-state index in [2.05, 4.69) is 25.9 Å². The minimum atomic E-state index is -0.158. The number of amides is 2. The molecule has 0 bridgehead atoms. The molecule has 9 heteroatoms. The molecular formula is C18H20Cl2N6O. The van der Waals surface area contributed by atoms with Crippen LogP contribution in [0.1, 0.15) is 29.8 Å². The van der Waals surface area contributed by atoms with Gasteiger partial charge < -0.3 is 15.6 Å². The Labute approximate surface area is 166 Å². The van der Waals surface area contributed by atoms with Crippen molar-refractivity contribution in [3.63, 3.8) is 0 Å². The number of aryl methyl sites for hydroxylation is 3. The van der Waals surface area contributed by atoms with Crippen LogP contribution in [0.3, 0.4) is 0 Å². The molecule has 1 aliphatic rings. The van der Waals surface area contributed by atoms with Crippen LogP contribution in [0.25, 0.3) is 10.9 Å². The first kappa shape index (κ1) is 18.1. The molecule has 0 aliphatic heterocycles. The van der Waals surface area contributed by atoms with Crippen LogP contribution < -0.4 is 10.6 Å². The number of aromatic nitrogens is 4. The van der Waals surface area contributed by atoms with Crippen molar-refractivity contribution >= 4 is 40.1 Å². The number of benzene rings is 1. The molecule has 3 N–H and O–H groups in total. The van der Waals surface area contributed by atoms with Crippen molar-refractivity contribution in [1.82, 2.24) is 30.6 Å². The van der Waals surface area contributed by atoms with Crippen molar-refractivity contribution in [2.75, 3.05) is 0 Å². The van der Waals surface area contributed by atoms with E-state index in [1.54, 1.807) is 10.7 Å². The van der Waals surface area contributed by atoms with Crippen LogP contribution in [0.15, 0.2) is 18.3 Å². The number of H-pyrrole nitrogens is 1. The molecular weight excluding hydrogens is 387 g/mol. The van der Waals surface area contributed by atoms with Crippen LogP contribution in [-0.2, 0) is 19.5 Å². The van der Waals surface area contributed by atoms with Crippen LogP contribution in [0.5, 0.6) is 0 Å². The maximum Gasteiger partial charge on any atom is 0.315 e. The van der Waals surface area contributed by atoms with Crippen molar-refractivity contribution in [1.29, 1.82) is 0 Å². The lowest BCUT2D eigenvalue weighted by Gasteiger charge is -2.04. The zero-order valence-corrected chi connectivity index (χ0v) is 16.4. The van der Waals surface area contributed by atoms with E-state index < -0.39 is 0 Å². The van der Waals surface area contributed by atoms with Gasteiger partial charge in [-0.1, -0.05) is 28.4 Å². The van der Waals surface area contributed by atoms with Crippen LogP contribution in [0.4, 0.5) is 4.79 Å². The molecule has 2 aromatic heterocycles. The van der Waals surface area contributed by atoms with Gasteiger partial charge in [-0.25, -0.2) is 4.79 Å². The van der Waals surface area contributed by atoms with E-state index in [1.165, 1.54) is 0 Å². The van der Waals surface area contributed by atoms with Crippen LogP contribution in [0, 0.1) is 6.92 Å². The van der Waals surface area contributed by atoms with E-state index >= 15 is 0 Å². The largest absolute Gasteiger partial charge is 0.358 e. The fourth-order valence-corrected chi connectivity index (χ4v) is 3.75. The minimum absolute atomic E-state index is 0.158. The number of aromatic amines is 1. The Balaban J connectivity index is 1.39. The lowest BCUT2D eigenvalue weighted by atomic mass is 10.1. The number of nitrogens with zero attached hydrogens (tertiary/aromatic N) is 3. The first-order chi connectivity index (χ1) is 13.0. The van der Waals surface area contributed by atoms with Crippen LogP contribution >= 0.6 is 23.2 Å². The van der Waals surface area contributed by atoms with E-state index in [1.807, 2.05) is 19.2 Å². The fraction of sp³-hybridized carbons (Fsp3) is 0.389. The third kappa shape index (κ3) is 4.20. The SMILES string of the molecule is Cc1[nH]c2cc(Cl)cc(Cl)c2c1CCn1cc(CNC(=O)NC2CC2)nn1. The highest BCUT2D eigenvalue weighted by atomic mass is 35.5. The number of urea groups is 1. The summed E-state index contributed by atoms with van der Waals surface area (Å²) in [6.07, 6.45) is 4.73.